The number of amides is 2. The Balaban J connectivity index is 1.60. The van der Waals surface area contributed by atoms with Crippen LogP contribution in [0, 0.1) is 0 Å². The van der Waals surface area contributed by atoms with Crippen molar-refractivity contribution in [1.29, 1.82) is 0 Å². The van der Waals surface area contributed by atoms with E-state index in [9.17, 15) is 9.59 Å². The topological polar surface area (TPSA) is 105 Å². The fraction of sp³-hybridized carbons (Fsp3) is 0.280. The summed E-state index contributed by atoms with van der Waals surface area (Å²) in [6.45, 7) is 4.60. The van der Waals surface area contributed by atoms with Gasteiger partial charge in [-0.2, -0.15) is 0 Å². The summed E-state index contributed by atoms with van der Waals surface area (Å²) < 4.78 is 5.84. The average Bonchev–Trinajstić information content (AvgIpc) is 2.80. The molecule has 1 aromatic heterocycles. The van der Waals surface area contributed by atoms with Gasteiger partial charge in [0.25, 0.3) is 0 Å². The summed E-state index contributed by atoms with van der Waals surface area (Å²) in [5.41, 5.74) is 0.792. The van der Waals surface area contributed by atoms with Crippen LogP contribution in [0.5, 0.6) is 11.5 Å². The van der Waals surface area contributed by atoms with Gasteiger partial charge in [-0.25, -0.2) is 4.98 Å². The third-order valence-corrected chi connectivity index (χ3v) is 4.71. The van der Waals surface area contributed by atoms with E-state index in [0.29, 0.717) is 30.4 Å². The first-order chi connectivity index (χ1) is 16.1. The second kappa shape index (κ2) is 12.2. The van der Waals surface area contributed by atoms with Crippen molar-refractivity contribution in [2.45, 2.75) is 39.2 Å². The van der Waals surface area contributed by atoms with Crippen LogP contribution in [0.3, 0.4) is 0 Å². The second-order valence-electron chi connectivity index (χ2n) is 7.46. The van der Waals surface area contributed by atoms with E-state index in [1.165, 1.54) is 6.20 Å². The molecule has 1 atom stereocenters. The van der Waals surface area contributed by atoms with Crippen molar-refractivity contribution >= 4 is 23.5 Å². The fourth-order valence-corrected chi connectivity index (χ4v) is 3.24. The van der Waals surface area contributed by atoms with Crippen LogP contribution in [0.15, 0.2) is 67.0 Å². The molecule has 3 N–H and O–H groups in total. The number of carbonyl (C=O) groups is 2. The highest BCUT2D eigenvalue weighted by molar-refractivity contribution is 5.96. The summed E-state index contributed by atoms with van der Waals surface area (Å²) in [5, 5.41) is 8.63. The molecule has 0 radical (unpaired) electrons. The van der Waals surface area contributed by atoms with E-state index in [2.05, 4.69) is 25.9 Å². The van der Waals surface area contributed by atoms with Crippen molar-refractivity contribution in [3.8, 4) is 11.5 Å². The molecule has 2 aromatic carbocycles. The number of nitrogens with one attached hydrogen (secondary N) is 3. The summed E-state index contributed by atoms with van der Waals surface area (Å²) in [4.78, 5) is 33.9. The van der Waals surface area contributed by atoms with E-state index in [1.807, 2.05) is 68.4 Å². The number of benzene rings is 2. The number of rotatable bonds is 11. The number of nitrogens with zero attached hydrogens (tertiary/aromatic N) is 2. The lowest BCUT2D eigenvalue weighted by molar-refractivity contribution is -0.126. The normalized spacial score (nSPS) is 11.3. The molecule has 1 heterocycles. The molecule has 0 fully saturated rings. The Hall–Kier alpha value is -3.94. The minimum Gasteiger partial charge on any atom is -0.457 e. The minimum atomic E-state index is -0.671. The van der Waals surface area contributed by atoms with Crippen LogP contribution in [-0.2, 0) is 16.0 Å². The van der Waals surface area contributed by atoms with Crippen LogP contribution in [-0.4, -0.2) is 34.4 Å². The van der Waals surface area contributed by atoms with Gasteiger partial charge in [0.15, 0.2) is 5.82 Å². The molecule has 3 aromatic rings. The molecule has 8 nitrogen and oxygen atoms in total. The van der Waals surface area contributed by atoms with Crippen LogP contribution >= 0.6 is 0 Å². The predicted molar refractivity (Wildman–Crippen MR) is 128 cm³/mol. The molecule has 1 unspecified atom stereocenters. The van der Waals surface area contributed by atoms with Crippen molar-refractivity contribution < 1.29 is 14.3 Å². The maximum absolute atomic E-state index is 12.8. The van der Waals surface area contributed by atoms with Gasteiger partial charge < -0.3 is 20.7 Å². The second-order valence-corrected chi connectivity index (χ2v) is 7.46. The molecule has 2 amide bonds. The molecule has 8 heteroatoms. The molecule has 0 aliphatic rings. The summed E-state index contributed by atoms with van der Waals surface area (Å²) in [5.74, 6) is 1.71. The van der Waals surface area contributed by atoms with Gasteiger partial charge in [0.05, 0.1) is 18.8 Å². The van der Waals surface area contributed by atoms with Gasteiger partial charge in [-0.15, -0.1) is 0 Å². The number of carbonyl (C=O) groups excluding carboxylic acids is 2. The molecule has 33 heavy (non-hydrogen) atoms. The lowest BCUT2D eigenvalue weighted by Crippen LogP contribution is -2.44. The van der Waals surface area contributed by atoms with Gasteiger partial charge in [0.2, 0.25) is 11.8 Å². The number of hydrogen-bond acceptors (Lipinski definition) is 6. The van der Waals surface area contributed by atoms with Crippen LogP contribution in [0.4, 0.5) is 11.6 Å². The number of hydrogen-bond donors (Lipinski definition) is 3. The van der Waals surface area contributed by atoms with E-state index in [4.69, 9.17) is 4.74 Å². The fourth-order valence-electron chi connectivity index (χ4n) is 3.24. The van der Waals surface area contributed by atoms with Crippen molar-refractivity contribution in [1.82, 2.24) is 15.3 Å². The molecule has 172 valence electrons. The molecule has 0 bridgehead atoms. The monoisotopic (exact) mass is 447 g/mol. The first-order valence-corrected chi connectivity index (χ1v) is 11.0. The van der Waals surface area contributed by atoms with Gasteiger partial charge in [0, 0.05) is 6.54 Å². The Morgan fingerprint density at radius 1 is 0.970 bits per heavy atom. The average molecular weight is 448 g/mol. The zero-order valence-electron chi connectivity index (χ0n) is 18.9. The highest BCUT2D eigenvalue weighted by Crippen LogP contribution is 2.22. The molecule has 0 saturated heterocycles. The molecule has 0 aliphatic heterocycles. The van der Waals surface area contributed by atoms with E-state index >= 15 is 0 Å². The van der Waals surface area contributed by atoms with Crippen molar-refractivity contribution in [2.24, 2.45) is 0 Å². The first kappa shape index (κ1) is 23.7. The standard InChI is InChI=1S/C25H29N5O3/c1-3-9-21(25(32)30-23-17-26-16-22(29-23)27-4-2)28-24(31)15-18-10-8-13-20(14-18)33-19-11-6-5-7-12-19/h5-8,10-14,16-17,21H,3-4,9,15H2,1-2H3,(H,28,31)(H2,27,29,30,32). The molecular weight excluding hydrogens is 418 g/mol. The van der Waals surface area contributed by atoms with Crippen LogP contribution in [0.2, 0.25) is 0 Å². The van der Waals surface area contributed by atoms with Crippen LogP contribution in [0.25, 0.3) is 0 Å². The summed E-state index contributed by atoms with van der Waals surface area (Å²) in [6, 6.07) is 16.1. The van der Waals surface area contributed by atoms with Crippen molar-refractivity contribution in [3.05, 3.63) is 72.6 Å². The van der Waals surface area contributed by atoms with Gasteiger partial charge >= 0.3 is 0 Å². The van der Waals surface area contributed by atoms with E-state index in [-0.39, 0.29) is 18.2 Å². The van der Waals surface area contributed by atoms with Crippen molar-refractivity contribution in [3.63, 3.8) is 0 Å². The summed E-state index contributed by atoms with van der Waals surface area (Å²) >= 11 is 0. The smallest absolute Gasteiger partial charge is 0.248 e. The van der Waals surface area contributed by atoms with Gasteiger partial charge in [-0.1, -0.05) is 43.7 Å². The maximum Gasteiger partial charge on any atom is 0.248 e. The lowest BCUT2D eigenvalue weighted by atomic mass is 10.1. The molecule has 3 rings (SSSR count). The number of anilines is 2. The highest BCUT2D eigenvalue weighted by atomic mass is 16.5. The van der Waals surface area contributed by atoms with Gasteiger partial charge in [-0.05, 0) is 43.2 Å². The van der Waals surface area contributed by atoms with E-state index in [0.717, 1.165) is 17.7 Å². The van der Waals surface area contributed by atoms with Gasteiger partial charge in [-0.3, -0.25) is 14.6 Å². The number of aromatic nitrogens is 2. The Morgan fingerprint density at radius 3 is 2.48 bits per heavy atom. The Kier molecular flexibility index (Phi) is 8.76. The largest absolute Gasteiger partial charge is 0.457 e. The SMILES string of the molecule is CCCC(NC(=O)Cc1cccc(Oc2ccccc2)c1)C(=O)Nc1cncc(NCC)n1. The summed E-state index contributed by atoms with van der Waals surface area (Å²) in [6.07, 6.45) is 4.44. The van der Waals surface area contributed by atoms with E-state index in [1.54, 1.807) is 6.20 Å². The van der Waals surface area contributed by atoms with Crippen molar-refractivity contribution in [2.75, 3.05) is 17.2 Å². The zero-order chi connectivity index (χ0) is 23.5. The molecule has 0 aliphatic carbocycles. The van der Waals surface area contributed by atoms with Crippen LogP contribution < -0.4 is 20.7 Å². The summed E-state index contributed by atoms with van der Waals surface area (Å²) in [7, 11) is 0. The van der Waals surface area contributed by atoms with Crippen LogP contribution in [0.1, 0.15) is 32.3 Å². The number of ether oxygens (including phenoxy) is 1. The Morgan fingerprint density at radius 2 is 1.73 bits per heavy atom. The predicted octanol–water partition coefficient (Wildman–Crippen LogP) is 4.17. The highest BCUT2D eigenvalue weighted by Gasteiger charge is 2.21. The maximum atomic E-state index is 12.8. The third-order valence-electron chi connectivity index (χ3n) is 4.71. The number of para-hydroxylation sites is 1. The quantitative estimate of drug-likeness (QED) is 0.408. The Labute approximate surface area is 193 Å². The van der Waals surface area contributed by atoms with E-state index < -0.39 is 6.04 Å². The molecule has 0 saturated carbocycles. The zero-order valence-corrected chi connectivity index (χ0v) is 18.9. The molecule has 0 spiro atoms. The minimum absolute atomic E-state index is 0.134. The lowest BCUT2D eigenvalue weighted by Gasteiger charge is -2.18. The molecular formula is C25H29N5O3. The third kappa shape index (κ3) is 7.60. The van der Waals surface area contributed by atoms with Gasteiger partial charge in [0.1, 0.15) is 23.4 Å². The first-order valence-electron chi connectivity index (χ1n) is 11.0. The Bertz CT molecular complexity index is 1060.